The van der Waals surface area contributed by atoms with Crippen molar-refractivity contribution >= 4 is 64.1 Å². The second-order valence-electron chi connectivity index (χ2n) is 15.2. The number of thiophene rings is 1. The Hall–Kier alpha value is -7.73. The molecule has 0 aliphatic carbocycles. The first-order valence-electron chi connectivity index (χ1n) is 20.2. The first-order valence-corrected chi connectivity index (χ1v) is 21.0. The second kappa shape index (κ2) is 14.0. The molecule has 0 fully saturated rings. The van der Waals surface area contributed by atoms with Crippen molar-refractivity contribution in [2.24, 2.45) is 0 Å². The summed E-state index contributed by atoms with van der Waals surface area (Å²) in [5, 5.41) is 7.49. The van der Waals surface area contributed by atoms with E-state index in [1.165, 1.54) is 75.1 Å². The molecule has 0 aliphatic heterocycles. The summed E-state index contributed by atoms with van der Waals surface area (Å²) >= 11 is 1.84. The molecule has 0 spiro atoms. The topological polar surface area (TPSA) is 43.6 Å². The van der Waals surface area contributed by atoms with Gasteiger partial charge in [0.15, 0.2) is 17.5 Å². The van der Waals surface area contributed by atoms with E-state index in [0.29, 0.717) is 17.5 Å². The van der Waals surface area contributed by atoms with E-state index in [1.54, 1.807) is 0 Å². The van der Waals surface area contributed by atoms with E-state index in [1.807, 2.05) is 72.0 Å². The van der Waals surface area contributed by atoms with Crippen molar-refractivity contribution in [2.45, 2.75) is 0 Å². The van der Waals surface area contributed by atoms with E-state index in [-0.39, 0.29) is 0 Å². The van der Waals surface area contributed by atoms with Gasteiger partial charge < -0.3 is 4.57 Å². The third-order valence-electron chi connectivity index (χ3n) is 11.6. The fourth-order valence-corrected chi connectivity index (χ4v) is 9.87. The zero-order valence-electron chi connectivity index (χ0n) is 32.3. The van der Waals surface area contributed by atoms with Crippen molar-refractivity contribution in [3.05, 3.63) is 206 Å². The van der Waals surface area contributed by atoms with E-state index in [4.69, 9.17) is 15.0 Å². The Morgan fingerprint density at radius 1 is 0.333 bits per heavy atom. The molecule has 0 radical (unpaired) electrons. The zero-order chi connectivity index (χ0) is 39.6. The lowest BCUT2D eigenvalue weighted by atomic mass is 9.96. The average Bonchev–Trinajstić information content (AvgIpc) is 3.87. The molecule has 9 aromatic carbocycles. The van der Waals surface area contributed by atoms with Crippen LogP contribution >= 0.6 is 11.3 Å². The lowest BCUT2D eigenvalue weighted by Gasteiger charge is -2.11. The molecule has 3 aromatic heterocycles. The molecule has 12 rings (SSSR count). The van der Waals surface area contributed by atoms with Gasteiger partial charge in [-0.1, -0.05) is 152 Å². The van der Waals surface area contributed by atoms with Gasteiger partial charge in [-0.2, -0.15) is 0 Å². The molecule has 60 heavy (non-hydrogen) atoms. The van der Waals surface area contributed by atoms with Crippen LogP contribution in [0.5, 0.6) is 0 Å². The van der Waals surface area contributed by atoms with Gasteiger partial charge in [0, 0.05) is 53.3 Å². The number of hydrogen-bond donors (Lipinski definition) is 0. The van der Waals surface area contributed by atoms with Crippen LogP contribution in [0.4, 0.5) is 0 Å². The van der Waals surface area contributed by atoms with Gasteiger partial charge in [0.1, 0.15) is 0 Å². The third kappa shape index (κ3) is 5.78. The van der Waals surface area contributed by atoms with E-state index in [0.717, 1.165) is 22.3 Å². The minimum Gasteiger partial charge on any atom is -0.309 e. The van der Waals surface area contributed by atoms with Crippen LogP contribution in [-0.4, -0.2) is 19.5 Å². The zero-order valence-corrected chi connectivity index (χ0v) is 33.1. The lowest BCUT2D eigenvalue weighted by molar-refractivity contribution is 1.07. The van der Waals surface area contributed by atoms with E-state index < -0.39 is 0 Å². The van der Waals surface area contributed by atoms with Gasteiger partial charge in [-0.15, -0.1) is 11.3 Å². The first kappa shape index (κ1) is 34.3. The summed E-state index contributed by atoms with van der Waals surface area (Å²) in [6, 6.07) is 73.5. The van der Waals surface area contributed by atoms with E-state index in [2.05, 4.69) is 150 Å². The predicted molar refractivity (Wildman–Crippen MR) is 252 cm³/mol. The summed E-state index contributed by atoms with van der Waals surface area (Å²) in [6.45, 7) is 0. The maximum Gasteiger partial charge on any atom is 0.164 e. The Labute approximate surface area is 350 Å². The van der Waals surface area contributed by atoms with Crippen molar-refractivity contribution in [2.75, 3.05) is 0 Å². The van der Waals surface area contributed by atoms with Crippen LogP contribution in [0.1, 0.15) is 0 Å². The summed E-state index contributed by atoms with van der Waals surface area (Å²) in [4.78, 5) is 15.0. The van der Waals surface area contributed by atoms with Crippen molar-refractivity contribution in [1.29, 1.82) is 0 Å². The van der Waals surface area contributed by atoms with Crippen molar-refractivity contribution in [3.63, 3.8) is 0 Å². The summed E-state index contributed by atoms with van der Waals surface area (Å²) in [7, 11) is 0. The minimum atomic E-state index is 0.645. The fourth-order valence-electron chi connectivity index (χ4n) is 8.76. The van der Waals surface area contributed by atoms with Crippen molar-refractivity contribution < 1.29 is 0 Å². The number of para-hydroxylation sites is 1. The van der Waals surface area contributed by atoms with Crippen molar-refractivity contribution in [3.8, 4) is 62.1 Å². The molecule has 0 amide bonds. The summed E-state index contributed by atoms with van der Waals surface area (Å²) in [5.74, 6) is 1.95. The van der Waals surface area contributed by atoms with E-state index >= 15 is 0 Å². The molecule has 0 atom stereocenters. The maximum atomic E-state index is 5.03. The minimum absolute atomic E-state index is 0.645. The number of benzene rings is 9. The molecule has 0 saturated heterocycles. The summed E-state index contributed by atoms with van der Waals surface area (Å²) in [5.41, 5.74) is 11.1. The molecular formula is C55H34N4S. The fraction of sp³-hybridized carbons (Fsp3) is 0. The Bertz CT molecular complexity index is 3550. The molecule has 0 saturated carbocycles. The number of rotatable bonds is 6. The van der Waals surface area contributed by atoms with Crippen LogP contribution in [0.15, 0.2) is 206 Å². The summed E-state index contributed by atoms with van der Waals surface area (Å²) in [6.07, 6.45) is 0. The number of aromatic nitrogens is 4. The monoisotopic (exact) mass is 782 g/mol. The molecule has 5 heteroatoms. The van der Waals surface area contributed by atoms with Crippen LogP contribution in [0.2, 0.25) is 0 Å². The molecule has 0 unspecified atom stereocenters. The molecule has 12 aromatic rings. The first-order chi connectivity index (χ1) is 29.7. The van der Waals surface area contributed by atoms with Gasteiger partial charge in [-0.05, 0) is 87.6 Å². The Kier molecular flexibility index (Phi) is 8.00. The van der Waals surface area contributed by atoms with Crippen LogP contribution in [0.3, 0.4) is 0 Å². The van der Waals surface area contributed by atoms with E-state index in [9.17, 15) is 0 Å². The highest BCUT2D eigenvalue weighted by atomic mass is 32.1. The number of fused-ring (bicyclic) bond motifs is 7. The van der Waals surface area contributed by atoms with Gasteiger partial charge in [-0.3, -0.25) is 0 Å². The Balaban J connectivity index is 0.977. The van der Waals surface area contributed by atoms with Crippen molar-refractivity contribution in [1.82, 2.24) is 19.5 Å². The normalized spacial score (nSPS) is 11.7. The van der Waals surface area contributed by atoms with Crippen LogP contribution in [-0.2, 0) is 0 Å². The highest BCUT2D eigenvalue weighted by molar-refractivity contribution is 7.26. The molecule has 4 nitrogen and oxygen atoms in total. The smallest absolute Gasteiger partial charge is 0.164 e. The second-order valence-corrected chi connectivity index (χ2v) is 16.3. The molecular weight excluding hydrogens is 749 g/mol. The number of nitrogens with zero attached hydrogens (tertiary/aromatic N) is 4. The van der Waals surface area contributed by atoms with Crippen LogP contribution < -0.4 is 0 Å². The van der Waals surface area contributed by atoms with Gasteiger partial charge >= 0.3 is 0 Å². The maximum absolute atomic E-state index is 5.03. The van der Waals surface area contributed by atoms with Crippen LogP contribution in [0.25, 0.3) is 115 Å². The Morgan fingerprint density at radius 3 is 1.72 bits per heavy atom. The quantitative estimate of drug-likeness (QED) is 0.169. The van der Waals surface area contributed by atoms with Crippen LogP contribution in [0, 0.1) is 0 Å². The SMILES string of the molecule is c1ccc(-c2nc(-c3ccccc3)nc(-c3cccc(-c4cccc5sc6ccc(-c7ccc8c(c7)c7ccccc7n8-c7ccc8ccccc8c7)cc6c45)c3)n2)cc1. The third-order valence-corrected chi connectivity index (χ3v) is 12.8. The molecule has 0 N–H and O–H groups in total. The highest BCUT2D eigenvalue weighted by Gasteiger charge is 2.17. The predicted octanol–water partition coefficient (Wildman–Crippen LogP) is 14.8. The summed E-state index contributed by atoms with van der Waals surface area (Å²) < 4.78 is 4.93. The molecule has 3 heterocycles. The standard InChI is InChI=1S/C55H34N4S/c1-3-14-36(15-4-1)53-56-54(37-16-5-2-6-17-37)58-55(57-53)42-20-11-19-41(31-42)44-22-12-24-51-52(44)47-34-40(27-30-50(47)60-51)39-26-29-49-46(33-39)45-21-9-10-23-48(45)59(49)43-28-25-35-13-7-8-18-38(35)32-43/h1-34H. The Morgan fingerprint density at radius 2 is 0.933 bits per heavy atom. The van der Waals surface area contributed by atoms with Gasteiger partial charge in [0.05, 0.1) is 11.0 Å². The number of hydrogen-bond acceptors (Lipinski definition) is 4. The largest absolute Gasteiger partial charge is 0.309 e. The molecule has 0 aliphatic rings. The molecule has 280 valence electrons. The van der Waals surface area contributed by atoms with Gasteiger partial charge in [0.2, 0.25) is 0 Å². The lowest BCUT2D eigenvalue weighted by Crippen LogP contribution is -2.00. The highest BCUT2D eigenvalue weighted by Crippen LogP contribution is 2.43. The van der Waals surface area contributed by atoms with Gasteiger partial charge in [0.25, 0.3) is 0 Å². The molecule has 0 bridgehead atoms. The van der Waals surface area contributed by atoms with Gasteiger partial charge in [-0.25, -0.2) is 15.0 Å². The average molecular weight is 783 g/mol.